The number of carboxylic acids is 1. The van der Waals surface area contributed by atoms with E-state index in [-0.39, 0.29) is 11.0 Å². The fourth-order valence-corrected chi connectivity index (χ4v) is 2.74. The second-order valence-electron chi connectivity index (χ2n) is 7.15. The lowest BCUT2D eigenvalue weighted by Crippen LogP contribution is -2.10. The van der Waals surface area contributed by atoms with Crippen molar-refractivity contribution in [2.75, 3.05) is 0 Å². The van der Waals surface area contributed by atoms with Crippen molar-refractivity contribution >= 4 is 29.0 Å². The van der Waals surface area contributed by atoms with E-state index in [0.29, 0.717) is 10.9 Å². The second kappa shape index (κ2) is 6.52. The van der Waals surface area contributed by atoms with E-state index < -0.39 is 5.97 Å². The highest BCUT2D eigenvalue weighted by atomic mass is 16.4. The molecule has 0 bridgehead atoms. The van der Waals surface area contributed by atoms with Crippen LogP contribution in [0.3, 0.4) is 0 Å². The standard InChI is InChI=1S/C22H21NO2/c1-22(2,3)17-9-6-15(7-10-17)4-5-16-8-11-20-19(14-16)18(21(24)25)12-13-23-20/h4-14H,1-3H3,(H,24,25)/b5-4+. The zero-order chi connectivity index (χ0) is 18.0. The first-order valence-corrected chi connectivity index (χ1v) is 8.25. The van der Waals surface area contributed by atoms with Gasteiger partial charge in [-0.2, -0.15) is 0 Å². The average molecular weight is 331 g/mol. The molecule has 1 N–H and O–H groups in total. The maximum atomic E-state index is 11.4. The lowest BCUT2D eigenvalue weighted by molar-refractivity contribution is 0.0699. The van der Waals surface area contributed by atoms with E-state index in [9.17, 15) is 9.90 Å². The van der Waals surface area contributed by atoms with Gasteiger partial charge >= 0.3 is 5.97 Å². The number of aromatic carboxylic acids is 1. The molecule has 25 heavy (non-hydrogen) atoms. The number of carboxylic acid groups (broad SMARTS) is 1. The molecule has 0 saturated carbocycles. The van der Waals surface area contributed by atoms with Crippen LogP contribution in [0.4, 0.5) is 0 Å². The Hall–Kier alpha value is -2.94. The van der Waals surface area contributed by atoms with E-state index >= 15 is 0 Å². The van der Waals surface area contributed by atoms with Crippen molar-refractivity contribution in [2.24, 2.45) is 0 Å². The van der Waals surface area contributed by atoms with Crippen molar-refractivity contribution in [3.8, 4) is 0 Å². The fraction of sp³-hybridized carbons (Fsp3) is 0.182. The first-order valence-electron chi connectivity index (χ1n) is 8.25. The highest BCUT2D eigenvalue weighted by Crippen LogP contribution is 2.23. The summed E-state index contributed by atoms with van der Waals surface area (Å²) >= 11 is 0. The Morgan fingerprint density at radius 2 is 1.60 bits per heavy atom. The van der Waals surface area contributed by atoms with Crippen LogP contribution in [-0.2, 0) is 5.41 Å². The van der Waals surface area contributed by atoms with Gasteiger partial charge in [0.2, 0.25) is 0 Å². The summed E-state index contributed by atoms with van der Waals surface area (Å²) in [6.45, 7) is 6.59. The van der Waals surface area contributed by atoms with Gasteiger partial charge in [0, 0.05) is 11.6 Å². The number of carbonyl (C=O) groups is 1. The first-order chi connectivity index (χ1) is 11.8. The molecule has 3 rings (SSSR count). The normalized spacial score (nSPS) is 12.0. The van der Waals surface area contributed by atoms with Crippen molar-refractivity contribution < 1.29 is 9.90 Å². The largest absolute Gasteiger partial charge is 0.478 e. The number of hydrogen-bond acceptors (Lipinski definition) is 2. The summed E-state index contributed by atoms with van der Waals surface area (Å²) in [6, 6.07) is 15.7. The smallest absolute Gasteiger partial charge is 0.336 e. The summed E-state index contributed by atoms with van der Waals surface area (Å²) < 4.78 is 0. The third kappa shape index (κ3) is 3.77. The van der Waals surface area contributed by atoms with Crippen molar-refractivity contribution in [3.05, 3.63) is 77.0 Å². The summed E-state index contributed by atoms with van der Waals surface area (Å²) in [4.78, 5) is 15.6. The van der Waals surface area contributed by atoms with Gasteiger partial charge in [-0.05, 0) is 40.3 Å². The van der Waals surface area contributed by atoms with Crippen molar-refractivity contribution in [3.63, 3.8) is 0 Å². The molecule has 0 unspecified atom stereocenters. The first kappa shape index (κ1) is 16.9. The van der Waals surface area contributed by atoms with Crippen LogP contribution in [0.5, 0.6) is 0 Å². The van der Waals surface area contributed by atoms with E-state index in [4.69, 9.17) is 0 Å². The summed E-state index contributed by atoms with van der Waals surface area (Å²) in [5.74, 6) is -0.939. The number of pyridine rings is 1. The zero-order valence-corrected chi connectivity index (χ0v) is 14.7. The average Bonchev–Trinajstić information content (AvgIpc) is 2.58. The monoisotopic (exact) mass is 331 g/mol. The number of nitrogens with zero attached hydrogens (tertiary/aromatic N) is 1. The topological polar surface area (TPSA) is 50.2 Å². The molecule has 0 aliphatic rings. The Bertz CT molecular complexity index is 948. The molecule has 0 saturated heterocycles. The van der Waals surface area contributed by atoms with E-state index in [1.807, 2.05) is 30.4 Å². The van der Waals surface area contributed by atoms with Crippen LogP contribution in [0, 0.1) is 0 Å². The molecule has 0 spiro atoms. The van der Waals surface area contributed by atoms with Gasteiger partial charge in [0.1, 0.15) is 0 Å². The highest BCUT2D eigenvalue weighted by molar-refractivity contribution is 6.03. The molecule has 3 heteroatoms. The maximum Gasteiger partial charge on any atom is 0.336 e. The minimum absolute atomic E-state index is 0.140. The van der Waals surface area contributed by atoms with E-state index in [1.165, 1.54) is 17.8 Å². The van der Waals surface area contributed by atoms with E-state index in [0.717, 1.165) is 11.1 Å². The van der Waals surface area contributed by atoms with Crippen molar-refractivity contribution in [1.29, 1.82) is 0 Å². The van der Waals surface area contributed by atoms with Crippen LogP contribution in [0.15, 0.2) is 54.7 Å². The SMILES string of the molecule is CC(C)(C)c1ccc(/C=C/c2ccc3nccc(C(=O)O)c3c2)cc1. The molecule has 0 fully saturated rings. The molecule has 126 valence electrons. The van der Waals surface area contributed by atoms with E-state index in [1.54, 1.807) is 0 Å². The van der Waals surface area contributed by atoms with Crippen molar-refractivity contribution in [2.45, 2.75) is 26.2 Å². The molecule has 2 aromatic carbocycles. The number of aromatic nitrogens is 1. The van der Waals surface area contributed by atoms with Crippen LogP contribution < -0.4 is 0 Å². The lowest BCUT2D eigenvalue weighted by Gasteiger charge is -2.18. The van der Waals surface area contributed by atoms with Gasteiger partial charge in [-0.3, -0.25) is 4.98 Å². The highest BCUT2D eigenvalue weighted by Gasteiger charge is 2.12. The number of fused-ring (bicyclic) bond motifs is 1. The van der Waals surface area contributed by atoms with Crippen LogP contribution in [-0.4, -0.2) is 16.1 Å². The van der Waals surface area contributed by atoms with Gasteiger partial charge in [-0.25, -0.2) is 4.79 Å². The van der Waals surface area contributed by atoms with Gasteiger partial charge in [-0.1, -0.05) is 63.3 Å². The Balaban J connectivity index is 1.91. The van der Waals surface area contributed by atoms with Gasteiger partial charge in [0.25, 0.3) is 0 Å². The number of hydrogen-bond donors (Lipinski definition) is 1. The van der Waals surface area contributed by atoms with Crippen molar-refractivity contribution in [1.82, 2.24) is 4.98 Å². The van der Waals surface area contributed by atoms with Crippen LogP contribution in [0.1, 0.15) is 47.8 Å². The van der Waals surface area contributed by atoms with Gasteiger partial charge in [-0.15, -0.1) is 0 Å². The van der Waals surface area contributed by atoms with Gasteiger partial charge in [0.15, 0.2) is 0 Å². The predicted molar refractivity (Wildman–Crippen MR) is 103 cm³/mol. The molecule has 3 aromatic rings. The fourth-order valence-electron chi connectivity index (χ4n) is 2.74. The van der Waals surface area contributed by atoms with Crippen LogP contribution in [0.2, 0.25) is 0 Å². The summed E-state index contributed by atoms with van der Waals surface area (Å²) in [6.07, 6.45) is 5.55. The van der Waals surface area contributed by atoms with E-state index in [2.05, 4.69) is 50.0 Å². The van der Waals surface area contributed by atoms with Gasteiger partial charge < -0.3 is 5.11 Å². The summed E-state index contributed by atoms with van der Waals surface area (Å²) in [5.41, 5.74) is 4.45. The third-order valence-electron chi connectivity index (χ3n) is 4.24. The summed E-state index contributed by atoms with van der Waals surface area (Å²) in [5, 5.41) is 9.98. The molecule has 1 heterocycles. The Kier molecular flexibility index (Phi) is 4.41. The number of rotatable bonds is 3. The minimum Gasteiger partial charge on any atom is -0.478 e. The summed E-state index contributed by atoms with van der Waals surface area (Å²) in [7, 11) is 0. The molecule has 1 aromatic heterocycles. The Morgan fingerprint density at radius 3 is 2.24 bits per heavy atom. The Labute approximate surface area is 147 Å². The maximum absolute atomic E-state index is 11.4. The predicted octanol–water partition coefficient (Wildman–Crippen LogP) is 5.40. The number of benzene rings is 2. The van der Waals surface area contributed by atoms with Gasteiger partial charge in [0.05, 0.1) is 11.1 Å². The minimum atomic E-state index is -0.939. The molecular formula is C22H21NO2. The Morgan fingerprint density at radius 1 is 0.960 bits per heavy atom. The molecule has 3 nitrogen and oxygen atoms in total. The second-order valence-corrected chi connectivity index (χ2v) is 7.15. The van der Waals surface area contributed by atoms with Crippen LogP contribution in [0.25, 0.3) is 23.1 Å². The molecular weight excluding hydrogens is 310 g/mol. The zero-order valence-electron chi connectivity index (χ0n) is 14.7. The molecule has 0 atom stereocenters. The van der Waals surface area contributed by atoms with Crippen LogP contribution >= 0.6 is 0 Å². The third-order valence-corrected chi connectivity index (χ3v) is 4.24. The molecule has 0 aliphatic heterocycles. The quantitative estimate of drug-likeness (QED) is 0.654. The lowest BCUT2D eigenvalue weighted by atomic mass is 9.87. The molecule has 0 radical (unpaired) electrons. The molecule has 0 amide bonds. The molecule has 0 aliphatic carbocycles.